The van der Waals surface area contributed by atoms with Gasteiger partial charge in [-0.25, -0.2) is 4.39 Å². The van der Waals surface area contributed by atoms with E-state index in [1.165, 1.54) is 22.9 Å². The maximum atomic E-state index is 13.0. The van der Waals surface area contributed by atoms with Crippen molar-refractivity contribution in [1.82, 2.24) is 9.55 Å². The Morgan fingerprint density at radius 1 is 1.24 bits per heavy atom. The molecule has 17 heavy (non-hydrogen) atoms. The van der Waals surface area contributed by atoms with Crippen LogP contribution >= 0.6 is 0 Å². The van der Waals surface area contributed by atoms with Crippen molar-refractivity contribution in [3.8, 4) is 0 Å². The van der Waals surface area contributed by atoms with Crippen LogP contribution in [0.25, 0.3) is 0 Å². The molecule has 2 heterocycles. The number of aryl methyl sites for hydroxylation is 2. The average molecular weight is 232 g/mol. The van der Waals surface area contributed by atoms with Crippen LogP contribution < -0.4 is 5.56 Å². The maximum absolute atomic E-state index is 13.0. The molecule has 0 N–H and O–H groups in total. The summed E-state index contributed by atoms with van der Waals surface area (Å²) in [6.07, 6.45) is 1.21. The molecule has 3 nitrogen and oxygen atoms in total. The van der Waals surface area contributed by atoms with Crippen LogP contribution in [0.3, 0.4) is 0 Å². The largest absolute Gasteiger partial charge is 0.308 e. The number of hydrogen-bond donors (Lipinski definition) is 0. The van der Waals surface area contributed by atoms with E-state index in [1.54, 1.807) is 0 Å². The molecule has 0 unspecified atom stereocenters. The molecule has 0 aliphatic carbocycles. The van der Waals surface area contributed by atoms with Crippen molar-refractivity contribution >= 4 is 0 Å². The van der Waals surface area contributed by atoms with E-state index in [1.807, 2.05) is 26.0 Å². The van der Waals surface area contributed by atoms with E-state index < -0.39 is 5.82 Å². The third kappa shape index (κ3) is 2.58. The fourth-order valence-electron chi connectivity index (χ4n) is 1.69. The van der Waals surface area contributed by atoms with E-state index in [0.29, 0.717) is 6.54 Å². The molecular weight excluding hydrogens is 219 g/mol. The van der Waals surface area contributed by atoms with Crippen molar-refractivity contribution in [2.75, 3.05) is 0 Å². The van der Waals surface area contributed by atoms with Crippen LogP contribution in [0.2, 0.25) is 0 Å². The zero-order valence-electron chi connectivity index (χ0n) is 9.77. The van der Waals surface area contributed by atoms with Gasteiger partial charge in [0.2, 0.25) is 0 Å². The summed E-state index contributed by atoms with van der Waals surface area (Å²) in [4.78, 5) is 15.8. The highest BCUT2D eigenvalue weighted by molar-refractivity contribution is 5.22. The molecule has 0 atom stereocenters. The molecule has 0 aliphatic rings. The molecule has 0 saturated heterocycles. The molecule has 2 aromatic heterocycles. The summed E-state index contributed by atoms with van der Waals surface area (Å²) in [5.41, 5.74) is 2.49. The van der Waals surface area contributed by atoms with Gasteiger partial charge in [-0.3, -0.25) is 9.78 Å². The van der Waals surface area contributed by atoms with E-state index >= 15 is 0 Å². The minimum Gasteiger partial charge on any atom is -0.308 e. The highest BCUT2D eigenvalue weighted by Gasteiger charge is 2.03. The first-order valence-corrected chi connectivity index (χ1v) is 5.35. The van der Waals surface area contributed by atoms with Gasteiger partial charge >= 0.3 is 0 Å². The lowest BCUT2D eigenvalue weighted by atomic mass is 10.2. The third-order valence-electron chi connectivity index (χ3n) is 2.62. The smallest absolute Gasteiger partial charge is 0.251 e. The van der Waals surface area contributed by atoms with Gasteiger partial charge in [-0.2, -0.15) is 0 Å². The van der Waals surface area contributed by atoms with E-state index in [4.69, 9.17) is 0 Å². The first kappa shape index (κ1) is 11.5. The molecule has 0 fully saturated rings. The summed E-state index contributed by atoms with van der Waals surface area (Å²) in [5, 5.41) is 0. The summed E-state index contributed by atoms with van der Waals surface area (Å²) in [6.45, 7) is 4.13. The van der Waals surface area contributed by atoms with Gasteiger partial charge in [-0.05, 0) is 31.5 Å². The van der Waals surface area contributed by atoms with Gasteiger partial charge in [-0.1, -0.05) is 6.07 Å². The standard InChI is InChI=1S/C13H13FN2O/c1-9-3-4-11(10(2)15-9)7-16-8-12(14)5-6-13(16)17/h3-6,8H,7H2,1-2H3. The second-order valence-corrected chi connectivity index (χ2v) is 4.01. The summed E-state index contributed by atoms with van der Waals surface area (Å²) >= 11 is 0. The summed E-state index contributed by atoms with van der Waals surface area (Å²) in [6, 6.07) is 6.19. The van der Waals surface area contributed by atoms with E-state index in [-0.39, 0.29) is 5.56 Å². The van der Waals surface area contributed by atoms with Crippen molar-refractivity contribution in [1.29, 1.82) is 0 Å². The molecule has 0 radical (unpaired) electrons. The Morgan fingerprint density at radius 3 is 2.71 bits per heavy atom. The summed E-state index contributed by atoms with van der Waals surface area (Å²) < 4.78 is 14.4. The number of rotatable bonds is 2. The number of aromatic nitrogens is 2. The normalized spacial score (nSPS) is 10.5. The number of hydrogen-bond acceptors (Lipinski definition) is 2. The van der Waals surface area contributed by atoms with Crippen LogP contribution in [0.4, 0.5) is 4.39 Å². The van der Waals surface area contributed by atoms with Gasteiger partial charge in [0.05, 0.1) is 6.54 Å². The molecular formula is C13H13FN2O. The average Bonchev–Trinajstić information content (AvgIpc) is 2.27. The molecule has 0 aromatic carbocycles. The Labute approximate surface area is 98.6 Å². The zero-order chi connectivity index (χ0) is 12.4. The quantitative estimate of drug-likeness (QED) is 0.794. The monoisotopic (exact) mass is 232 g/mol. The lowest BCUT2D eigenvalue weighted by Gasteiger charge is -2.08. The Hall–Kier alpha value is -1.97. The van der Waals surface area contributed by atoms with Gasteiger partial charge in [0.25, 0.3) is 5.56 Å². The SMILES string of the molecule is Cc1ccc(Cn2cc(F)ccc2=O)c(C)n1. The van der Waals surface area contributed by atoms with Crippen LogP contribution in [0.1, 0.15) is 17.0 Å². The lowest BCUT2D eigenvalue weighted by molar-refractivity contribution is 0.595. The summed E-state index contributed by atoms with van der Waals surface area (Å²) in [5.74, 6) is -0.415. The molecule has 0 saturated carbocycles. The van der Waals surface area contributed by atoms with E-state index in [0.717, 1.165) is 17.0 Å². The minimum atomic E-state index is -0.415. The molecule has 88 valence electrons. The highest BCUT2D eigenvalue weighted by atomic mass is 19.1. The molecule has 0 spiro atoms. The Kier molecular flexibility index (Phi) is 3.04. The van der Waals surface area contributed by atoms with Gasteiger partial charge in [0, 0.05) is 23.7 Å². The first-order chi connectivity index (χ1) is 8.06. The van der Waals surface area contributed by atoms with Gasteiger partial charge in [0.1, 0.15) is 5.82 Å². The first-order valence-electron chi connectivity index (χ1n) is 5.35. The highest BCUT2D eigenvalue weighted by Crippen LogP contribution is 2.08. The van der Waals surface area contributed by atoms with Gasteiger partial charge < -0.3 is 4.57 Å². The fourth-order valence-corrected chi connectivity index (χ4v) is 1.69. The maximum Gasteiger partial charge on any atom is 0.251 e. The molecule has 2 rings (SSSR count). The number of pyridine rings is 2. The van der Waals surface area contributed by atoms with Crippen molar-refractivity contribution in [3.63, 3.8) is 0 Å². The van der Waals surface area contributed by atoms with Crippen LogP contribution in [-0.4, -0.2) is 9.55 Å². The van der Waals surface area contributed by atoms with Crippen molar-refractivity contribution in [3.05, 3.63) is 63.6 Å². The predicted octanol–water partition coefficient (Wildman–Crippen LogP) is 2.05. The van der Waals surface area contributed by atoms with Crippen molar-refractivity contribution in [2.45, 2.75) is 20.4 Å². The van der Waals surface area contributed by atoms with Gasteiger partial charge in [0.15, 0.2) is 0 Å². The van der Waals surface area contributed by atoms with Crippen LogP contribution in [-0.2, 0) is 6.54 Å². The van der Waals surface area contributed by atoms with Crippen molar-refractivity contribution in [2.24, 2.45) is 0 Å². The third-order valence-corrected chi connectivity index (χ3v) is 2.62. The van der Waals surface area contributed by atoms with E-state index in [9.17, 15) is 9.18 Å². The Balaban J connectivity index is 2.38. The predicted molar refractivity (Wildman–Crippen MR) is 63.5 cm³/mol. The van der Waals surface area contributed by atoms with Gasteiger partial charge in [-0.15, -0.1) is 0 Å². The molecule has 2 aromatic rings. The lowest BCUT2D eigenvalue weighted by Crippen LogP contribution is -2.20. The zero-order valence-corrected chi connectivity index (χ0v) is 9.77. The van der Waals surface area contributed by atoms with Crippen LogP contribution in [0, 0.1) is 19.7 Å². The fraction of sp³-hybridized carbons (Fsp3) is 0.231. The Bertz CT molecular complexity index is 605. The summed E-state index contributed by atoms with van der Waals surface area (Å²) in [7, 11) is 0. The molecule has 0 amide bonds. The van der Waals surface area contributed by atoms with Crippen LogP contribution in [0.5, 0.6) is 0 Å². The molecule has 0 bridgehead atoms. The minimum absolute atomic E-state index is 0.216. The number of nitrogens with zero attached hydrogens (tertiary/aromatic N) is 2. The number of halogens is 1. The van der Waals surface area contributed by atoms with E-state index in [2.05, 4.69) is 4.98 Å². The molecule has 0 aliphatic heterocycles. The van der Waals surface area contributed by atoms with Crippen molar-refractivity contribution < 1.29 is 4.39 Å². The molecule has 4 heteroatoms. The topological polar surface area (TPSA) is 34.9 Å². The Morgan fingerprint density at radius 2 is 2.00 bits per heavy atom. The second-order valence-electron chi connectivity index (χ2n) is 4.01. The second kappa shape index (κ2) is 4.49. The van der Waals surface area contributed by atoms with Crippen LogP contribution in [0.15, 0.2) is 35.3 Å².